The van der Waals surface area contributed by atoms with Crippen molar-refractivity contribution in [2.45, 2.75) is 19.9 Å². The summed E-state index contributed by atoms with van der Waals surface area (Å²) in [6, 6.07) is 13.0. The highest BCUT2D eigenvalue weighted by Crippen LogP contribution is 2.32. The highest BCUT2D eigenvalue weighted by Gasteiger charge is 2.15. The molecule has 0 saturated heterocycles. The first-order chi connectivity index (χ1) is 11.1. The van der Waals surface area contributed by atoms with Crippen molar-refractivity contribution < 1.29 is 14.3 Å². The van der Waals surface area contributed by atoms with E-state index in [0.29, 0.717) is 13.2 Å². The summed E-state index contributed by atoms with van der Waals surface area (Å²) in [5, 5.41) is 5.76. The smallest absolute Gasteiger partial charge is 0.319 e. The van der Waals surface area contributed by atoms with Gasteiger partial charge >= 0.3 is 6.03 Å². The van der Waals surface area contributed by atoms with Crippen molar-refractivity contribution in [3.8, 4) is 11.5 Å². The van der Waals surface area contributed by atoms with Gasteiger partial charge in [0, 0.05) is 5.69 Å². The molecule has 0 radical (unpaired) electrons. The van der Waals surface area contributed by atoms with E-state index < -0.39 is 0 Å². The monoisotopic (exact) mass is 312 g/mol. The Morgan fingerprint density at radius 3 is 2.65 bits per heavy atom. The number of benzene rings is 2. The Morgan fingerprint density at radius 1 is 1.09 bits per heavy atom. The van der Waals surface area contributed by atoms with Crippen LogP contribution in [0.1, 0.15) is 24.1 Å². The number of hydrogen-bond acceptors (Lipinski definition) is 3. The van der Waals surface area contributed by atoms with Gasteiger partial charge in [-0.1, -0.05) is 18.2 Å². The first-order valence-corrected chi connectivity index (χ1v) is 7.65. The molecular weight excluding hydrogens is 292 g/mol. The summed E-state index contributed by atoms with van der Waals surface area (Å²) in [6.07, 6.45) is 0. The van der Waals surface area contributed by atoms with Crippen LogP contribution in [0.15, 0.2) is 42.5 Å². The zero-order chi connectivity index (χ0) is 16.2. The van der Waals surface area contributed by atoms with Gasteiger partial charge in [-0.2, -0.15) is 0 Å². The van der Waals surface area contributed by atoms with Crippen molar-refractivity contribution in [2.24, 2.45) is 0 Å². The second-order valence-electron chi connectivity index (χ2n) is 5.59. The molecule has 0 unspecified atom stereocenters. The second kappa shape index (κ2) is 6.60. The summed E-state index contributed by atoms with van der Waals surface area (Å²) in [7, 11) is 0. The number of nitrogens with one attached hydrogen (secondary N) is 2. The van der Waals surface area contributed by atoms with Gasteiger partial charge in [-0.25, -0.2) is 4.79 Å². The molecule has 2 amide bonds. The number of carbonyl (C=O) groups is 1. The summed E-state index contributed by atoms with van der Waals surface area (Å²) in [6.45, 7) is 5.04. The largest absolute Gasteiger partial charge is 0.486 e. The third-order valence-electron chi connectivity index (χ3n) is 3.69. The van der Waals surface area contributed by atoms with Crippen LogP contribution in [0, 0.1) is 6.92 Å². The number of ether oxygens (including phenoxy) is 2. The number of anilines is 1. The number of fused-ring (bicyclic) bond motifs is 1. The summed E-state index contributed by atoms with van der Waals surface area (Å²) in [4.78, 5) is 12.1. The zero-order valence-corrected chi connectivity index (χ0v) is 13.3. The van der Waals surface area contributed by atoms with Gasteiger partial charge in [0.2, 0.25) is 0 Å². The fourth-order valence-electron chi connectivity index (χ4n) is 2.50. The highest BCUT2D eigenvalue weighted by atomic mass is 16.6. The predicted molar refractivity (Wildman–Crippen MR) is 89.2 cm³/mol. The molecule has 0 aliphatic carbocycles. The molecule has 1 atom stereocenters. The number of carbonyl (C=O) groups excluding carboxylic acids is 1. The summed E-state index contributed by atoms with van der Waals surface area (Å²) in [5.41, 5.74) is 2.84. The zero-order valence-electron chi connectivity index (χ0n) is 13.3. The van der Waals surface area contributed by atoms with Gasteiger partial charge < -0.3 is 20.1 Å². The molecule has 0 fully saturated rings. The average molecular weight is 312 g/mol. The van der Waals surface area contributed by atoms with E-state index in [1.54, 1.807) is 0 Å². The van der Waals surface area contributed by atoms with Gasteiger partial charge in [0.15, 0.2) is 11.5 Å². The van der Waals surface area contributed by atoms with Crippen molar-refractivity contribution in [1.29, 1.82) is 0 Å². The van der Waals surface area contributed by atoms with Crippen molar-refractivity contribution in [3.63, 3.8) is 0 Å². The van der Waals surface area contributed by atoms with Crippen molar-refractivity contribution in [3.05, 3.63) is 53.6 Å². The van der Waals surface area contributed by atoms with Crippen LogP contribution in [-0.2, 0) is 0 Å². The Hall–Kier alpha value is -2.69. The minimum absolute atomic E-state index is 0.143. The lowest BCUT2D eigenvalue weighted by Crippen LogP contribution is -2.31. The van der Waals surface area contributed by atoms with Crippen LogP contribution in [0.5, 0.6) is 11.5 Å². The number of aryl methyl sites for hydroxylation is 1. The highest BCUT2D eigenvalue weighted by molar-refractivity contribution is 5.89. The van der Waals surface area contributed by atoms with Gasteiger partial charge in [0.25, 0.3) is 0 Å². The van der Waals surface area contributed by atoms with Crippen LogP contribution in [0.25, 0.3) is 0 Å². The van der Waals surface area contributed by atoms with Crippen LogP contribution in [0.4, 0.5) is 10.5 Å². The minimum atomic E-state index is -0.238. The normalized spacial score (nSPS) is 14.0. The third kappa shape index (κ3) is 3.74. The number of hydrogen-bond donors (Lipinski definition) is 2. The molecule has 2 aromatic rings. The SMILES string of the molecule is Cc1cccc(NC(=O)N[C@H](C)c2ccc3c(c2)OCCO3)c1. The minimum Gasteiger partial charge on any atom is -0.486 e. The van der Waals surface area contributed by atoms with Gasteiger partial charge in [0.1, 0.15) is 13.2 Å². The third-order valence-corrected chi connectivity index (χ3v) is 3.69. The van der Waals surface area contributed by atoms with Crippen molar-refractivity contribution in [1.82, 2.24) is 5.32 Å². The van der Waals surface area contributed by atoms with E-state index in [9.17, 15) is 4.79 Å². The van der Waals surface area contributed by atoms with E-state index in [-0.39, 0.29) is 12.1 Å². The molecule has 5 nitrogen and oxygen atoms in total. The topological polar surface area (TPSA) is 59.6 Å². The van der Waals surface area contributed by atoms with E-state index >= 15 is 0 Å². The molecule has 5 heteroatoms. The summed E-state index contributed by atoms with van der Waals surface area (Å²) in [5.74, 6) is 1.47. The maximum Gasteiger partial charge on any atom is 0.319 e. The van der Waals surface area contributed by atoms with Gasteiger partial charge in [-0.3, -0.25) is 0 Å². The molecular formula is C18H20N2O3. The van der Waals surface area contributed by atoms with Crippen LogP contribution in [0.3, 0.4) is 0 Å². The predicted octanol–water partition coefficient (Wildman–Crippen LogP) is 3.65. The lowest BCUT2D eigenvalue weighted by atomic mass is 10.1. The van der Waals surface area contributed by atoms with E-state index in [2.05, 4.69) is 10.6 Å². The Balaban J connectivity index is 1.64. The molecule has 2 aromatic carbocycles. The van der Waals surface area contributed by atoms with Gasteiger partial charge in [-0.05, 0) is 49.2 Å². The molecule has 1 aliphatic heterocycles. The fourth-order valence-corrected chi connectivity index (χ4v) is 2.50. The quantitative estimate of drug-likeness (QED) is 0.909. The molecule has 1 aliphatic rings. The molecule has 0 bridgehead atoms. The standard InChI is InChI=1S/C18H20N2O3/c1-12-4-3-5-15(10-12)20-18(21)19-13(2)14-6-7-16-17(11-14)23-9-8-22-16/h3-7,10-11,13H,8-9H2,1-2H3,(H2,19,20,21)/t13-/m1/s1. The van der Waals surface area contributed by atoms with E-state index in [4.69, 9.17) is 9.47 Å². The number of urea groups is 1. The molecule has 2 N–H and O–H groups in total. The van der Waals surface area contributed by atoms with Gasteiger partial charge in [-0.15, -0.1) is 0 Å². The average Bonchev–Trinajstić information content (AvgIpc) is 2.54. The molecule has 0 aromatic heterocycles. The lowest BCUT2D eigenvalue weighted by Gasteiger charge is -2.21. The van der Waals surface area contributed by atoms with Crippen LogP contribution in [-0.4, -0.2) is 19.2 Å². The van der Waals surface area contributed by atoms with Crippen molar-refractivity contribution in [2.75, 3.05) is 18.5 Å². The number of rotatable bonds is 3. The Bertz CT molecular complexity index is 715. The van der Waals surface area contributed by atoms with Crippen LogP contribution < -0.4 is 20.1 Å². The van der Waals surface area contributed by atoms with Crippen LogP contribution in [0.2, 0.25) is 0 Å². The Morgan fingerprint density at radius 2 is 1.87 bits per heavy atom. The van der Waals surface area contributed by atoms with E-state index in [1.807, 2.05) is 56.3 Å². The van der Waals surface area contributed by atoms with Crippen molar-refractivity contribution >= 4 is 11.7 Å². The number of amides is 2. The van der Waals surface area contributed by atoms with Crippen LogP contribution >= 0.6 is 0 Å². The first-order valence-electron chi connectivity index (χ1n) is 7.65. The molecule has 0 saturated carbocycles. The summed E-state index contributed by atoms with van der Waals surface area (Å²) < 4.78 is 11.1. The molecule has 1 heterocycles. The van der Waals surface area contributed by atoms with E-state index in [1.165, 1.54) is 0 Å². The van der Waals surface area contributed by atoms with E-state index in [0.717, 1.165) is 28.3 Å². The molecule has 0 spiro atoms. The molecule has 3 rings (SSSR count). The fraction of sp³-hybridized carbons (Fsp3) is 0.278. The summed E-state index contributed by atoms with van der Waals surface area (Å²) >= 11 is 0. The Labute approximate surface area is 135 Å². The lowest BCUT2D eigenvalue weighted by molar-refractivity contribution is 0.171. The molecule has 23 heavy (non-hydrogen) atoms. The van der Waals surface area contributed by atoms with Gasteiger partial charge in [0.05, 0.1) is 6.04 Å². The maximum absolute atomic E-state index is 12.1. The molecule has 120 valence electrons. The second-order valence-corrected chi connectivity index (χ2v) is 5.59. The Kier molecular flexibility index (Phi) is 4.37. The maximum atomic E-state index is 12.1. The first kappa shape index (κ1) is 15.2.